The SMILES string of the molecule is Cc1nc([C@H]2CCCN(C(=O)C3CC3)C2)nc(C)c1CC(=O)NC1CCCC1. The highest BCUT2D eigenvalue weighted by Gasteiger charge is 2.36. The molecule has 3 fully saturated rings. The molecule has 152 valence electrons. The monoisotopic (exact) mass is 384 g/mol. The number of carbonyl (C=O) groups excluding carboxylic acids is 2. The van der Waals surface area contributed by atoms with Crippen molar-refractivity contribution >= 4 is 11.8 Å². The standard InChI is InChI=1S/C22H32N4O2/c1-14-19(12-20(27)25-18-7-3-4-8-18)15(2)24-21(23-14)17-6-5-11-26(13-17)22(28)16-9-10-16/h16-18H,3-13H2,1-2H3,(H,25,27)/t17-/m0/s1. The summed E-state index contributed by atoms with van der Waals surface area (Å²) in [7, 11) is 0. The molecular formula is C22H32N4O2. The predicted octanol–water partition coefficient (Wildman–Crippen LogP) is 2.81. The average molecular weight is 385 g/mol. The number of amides is 2. The molecule has 4 rings (SSSR count). The van der Waals surface area contributed by atoms with Crippen LogP contribution in [0.4, 0.5) is 0 Å². The molecule has 28 heavy (non-hydrogen) atoms. The fraction of sp³-hybridized carbons (Fsp3) is 0.727. The molecule has 0 aromatic carbocycles. The van der Waals surface area contributed by atoms with Crippen LogP contribution in [0.5, 0.6) is 0 Å². The fourth-order valence-electron chi connectivity index (χ4n) is 4.69. The van der Waals surface area contributed by atoms with Gasteiger partial charge in [-0.05, 0) is 52.4 Å². The predicted molar refractivity (Wildman–Crippen MR) is 107 cm³/mol. The van der Waals surface area contributed by atoms with Crippen LogP contribution in [0.25, 0.3) is 0 Å². The molecule has 0 spiro atoms. The Hall–Kier alpha value is -1.98. The van der Waals surface area contributed by atoms with Crippen LogP contribution in [-0.2, 0) is 16.0 Å². The second-order valence-electron chi connectivity index (χ2n) is 8.85. The summed E-state index contributed by atoms with van der Waals surface area (Å²) < 4.78 is 0. The van der Waals surface area contributed by atoms with Crippen LogP contribution in [0.1, 0.15) is 80.1 Å². The molecule has 1 N–H and O–H groups in total. The van der Waals surface area contributed by atoms with Crippen molar-refractivity contribution in [1.29, 1.82) is 0 Å². The van der Waals surface area contributed by atoms with Gasteiger partial charge in [0.2, 0.25) is 11.8 Å². The van der Waals surface area contributed by atoms with Crippen molar-refractivity contribution in [3.05, 3.63) is 22.8 Å². The highest BCUT2D eigenvalue weighted by atomic mass is 16.2. The van der Waals surface area contributed by atoms with Gasteiger partial charge in [0, 0.05) is 47.9 Å². The van der Waals surface area contributed by atoms with E-state index in [9.17, 15) is 9.59 Å². The van der Waals surface area contributed by atoms with Gasteiger partial charge in [0.15, 0.2) is 0 Å². The third kappa shape index (κ3) is 4.36. The first-order valence-electron chi connectivity index (χ1n) is 10.9. The molecule has 2 aliphatic carbocycles. The Balaban J connectivity index is 1.42. The van der Waals surface area contributed by atoms with Gasteiger partial charge >= 0.3 is 0 Å². The zero-order valence-electron chi connectivity index (χ0n) is 17.2. The molecule has 6 heteroatoms. The first kappa shape index (κ1) is 19.3. The van der Waals surface area contributed by atoms with Gasteiger partial charge in [0.25, 0.3) is 0 Å². The van der Waals surface area contributed by atoms with Gasteiger partial charge in [-0.3, -0.25) is 9.59 Å². The van der Waals surface area contributed by atoms with Gasteiger partial charge in [-0.15, -0.1) is 0 Å². The Morgan fingerprint density at radius 2 is 1.68 bits per heavy atom. The van der Waals surface area contributed by atoms with E-state index in [4.69, 9.17) is 9.97 Å². The topological polar surface area (TPSA) is 75.2 Å². The smallest absolute Gasteiger partial charge is 0.225 e. The number of nitrogens with one attached hydrogen (secondary N) is 1. The van der Waals surface area contributed by atoms with E-state index in [-0.39, 0.29) is 17.7 Å². The number of aromatic nitrogens is 2. The summed E-state index contributed by atoms with van der Waals surface area (Å²) in [5, 5.41) is 3.16. The van der Waals surface area contributed by atoms with E-state index < -0.39 is 0 Å². The molecule has 2 heterocycles. The lowest BCUT2D eigenvalue weighted by Gasteiger charge is -2.32. The van der Waals surface area contributed by atoms with Crippen LogP contribution in [0.2, 0.25) is 0 Å². The van der Waals surface area contributed by atoms with Crippen molar-refractivity contribution in [2.75, 3.05) is 13.1 Å². The van der Waals surface area contributed by atoms with E-state index >= 15 is 0 Å². The molecule has 6 nitrogen and oxygen atoms in total. The van der Waals surface area contributed by atoms with Gasteiger partial charge in [0.05, 0.1) is 6.42 Å². The lowest BCUT2D eigenvalue weighted by atomic mass is 9.96. The van der Waals surface area contributed by atoms with Gasteiger partial charge in [-0.25, -0.2) is 9.97 Å². The van der Waals surface area contributed by atoms with Gasteiger partial charge in [0.1, 0.15) is 5.82 Å². The highest BCUT2D eigenvalue weighted by Crippen LogP contribution is 2.34. The summed E-state index contributed by atoms with van der Waals surface area (Å²) in [6, 6.07) is 0.338. The number of carbonyl (C=O) groups is 2. The maximum atomic E-state index is 12.4. The Morgan fingerprint density at radius 1 is 1.00 bits per heavy atom. The third-order valence-electron chi connectivity index (χ3n) is 6.52. The molecule has 1 aliphatic heterocycles. The molecule has 3 aliphatic rings. The number of rotatable bonds is 5. The molecule has 0 bridgehead atoms. The van der Waals surface area contributed by atoms with Crippen molar-refractivity contribution in [3.63, 3.8) is 0 Å². The number of likely N-dealkylation sites (tertiary alicyclic amines) is 1. The average Bonchev–Trinajstić information content (AvgIpc) is 3.41. The van der Waals surface area contributed by atoms with Crippen LogP contribution in [0.3, 0.4) is 0 Å². The minimum absolute atomic E-state index is 0.0771. The van der Waals surface area contributed by atoms with Crippen LogP contribution in [0.15, 0.2) is 0 Å². The Kier molecular flexibility index (Phi) is 5.65. The largest absolute Gasteiger partial charge is 0.353 e. The van der Waals surface area contributed by atoms with E-state index in [0.717, 1.165) is 74.4 Å². The van der Waals surface area contributed by atoms with E-state index in [1.165, 1.54) is 12.8 Å². The van der Waals surface area contributed by atoms with Crippen molar-refractivity contribution in [3.8, 4) is 0 Å². The first-order chi connectivity index (χ1) is 13.5. The maximum Gasteiger partial charge on any atom is 0.225 e. The van der Waals surface area contributed by atoms with Crippen LogP contribution in [-0.4, -0.2) is 45.8 Å². The lowest BCUT2D eigenvalue weighted by molar-refractivity contribution is -0.133. The minimum atomic E-state index is 0.0771. The second-order valence-corrected chi connectivity index (χ2v) is 8.85. The number of hydrogen-bond donors (Lipinski definition) is 1. The maximum absolute atomic E-state index is 12.4. The molecule has 2 saturated carbocycles. The quantitative estimate of drug-likeness (QED) is 0.847. The summed E-state index contributed by atoms with van der Waals surface area (Å²) in [5.74, 6) is 1.70. The molecule has 0 radical (unpaired) electrons. The second kappa shape index (κ2) is 8.18. The summed E-state index contributed by atoms with van der Waals surface area (Å²) in [6.07, 6.45) is 9.09. The number of aryl methyl sites for hydroxylation is 2. The van der Waals surface area contributed by atoms with E-state index in [2.05, 4.69) is 5.32 Å². The minimum Gasteiger partial charge on any atom is -0.353 e. The Bertz CT molecular complexity index is 730. The molecule has 2 amide bonds. The van der Waals surface area contributed by atoms with Gasteiger partial charge in [-0.2, -0.15) is 0 Å². The number of piperidine rings is 1. The van der Waals surface area contributed by atoms with Crippen LogP contribution in [0, 0.1) is 19.8 Å². The lowest BCUT2D eigenvalue weighted by Crippen LogP contribution is -2.40. The van der Waals surface area contributed by atoms with Crippen molar-refractivity contribution in [1.82, 2.24) is 20.2 Å². The molecule has 0 unspecified atom stereocenters. The van der Waals surface area contributed by atoms with Crippen molar-refractivity contribution in [2.45, 2.75) is 83.6 Å². The summed E-state index contributed by atoms with van der Waals surface area (Å²) >= 11 is 0. The third-order valence-corrected chi connectivity index (χ3v) is 6.52. The van der Waals surface area contributed by atoms with Crippen LogP contribution >= 0.6 is 0 Å². The molecular weight excluding hydrogens is 352 g/mol. The van der Waals surface area contributed by atoms with Crippen molar-refractivity contribution in [2.24, 2.45) is 5.92 Å². The molecule has 1 atom stereocenters. The number of hydrogen-bond acceptors (Lipinski definition) is 4. The summed E-state index contributed by atoms with van der Waals surface area (Å²) in [5.41, 5.74) is 2.74. The van der Waals surface area contributed by atoms with E-state index in [1.54, 1.807) is 0 Å². The van der Waals surface area contributed by atoms with Gasteiger partial charge < -0.3 is 10.2 Å². The van der Waals surface area contributed by atoms with Crippen LogP contribution < -0.4 is 5.32 Å². The summed E-state index contributed by atoms with van der Waals surface area (Å²) in [6.45, 7) is 5.55. The first-order valence-corrected chi connectivity index (χ1v) is 10.9. The Morgan fingerprint density at radius 3 is 2.32 bits per heavy atom. The molecule has 1 aromatic rings. The summed E-state index contributed by atoms with van der Waals surface area (Å²) in [4.78, 5) is 36.4. The normalized spacial score (nSPS) is 23.1. The number of nitrogens with zero attached hydrogens (tertiary/aromatic N) is 3. The van der Waals surface area contributed by atoms with Crippen molar-refractivity contribution < 1.29 is 9.59 Å². The molecule has 1 saturated heterocycles. The van der Waals surface area contributed by atoms with E-state index in [0.29, 0.717) is 18.4 Å². The highest BCUT2D eigenvalue weighted by molar-refractivity contribution is 5.81. The zero-order chi connectivity index (χ0) is 19.7. The Labute approximate surface area is 167 Å². The van der Waals surface area contributed by atoms with Gasteiger partial charge in [-0.1, -0.05) is 12.8 Å². The zero-order valence-corrected chi connectivity index (χ0v) is 17.2. The van der Waals surface area contributed by atoms with E-state index in [1.807, 2.05) is 18.7 Å². The molecule has 1 aromatic heterocycles. The fourth-order valence-corrected chi connectivity index (χ4v) is 4.69.